The number of hydrogen-bond donors (Lipinski definition) is 1. The number of pyridine rings is 1. The Bertz CT molecular complexity index is 689. The Morgan fingerprint density at radius 1 is 1.27 bits per heavy atom. The van der Waals surface area contributed by atoms with Crippen molar-refractivity contribution in [1.29, 1.82) is 0 Å². The molecule has 1 heterocycles. The molecular formula is C16H15BrN2O3. The van der Waals surface area contributed by atoms with Crippen molar-refractivity contribution < 1.29 is 14.3 Å². The van der Waals surface area contributed by atoms with Gasteiger partial charge in [0.1, 0.15) is 12.4 Å². The van der Waals surface area contributed by atoms with Crippen molar-refractivity contribution in [2.45, 2.75) is 13.3 Å². The fourth-order valence-electron chi connectivity index (χ4n) is 1.78. The van der Waals surface area contributed by atoms with E-state index in [4.69, 9.17) is 4.74 Å². The quantitative estimate of drug-likeness (QED) is 0.801. The second-order valence-electron chi connectivity index (χ2n) is 4.70. The minimum Gasteiger partial charge on any atom is -0.486 e. The maximum Gasteiger partial charge on any atom is 0.231 e. The molecule has 0 saturated carbocycles. The minimum atomic E-state index is -0.367. The van der Waals surface area contributed by atoms with Crippen LogP contribution in [0.5, 0.6) is 5.75 Å². The van der Waals surface area contributed by atoms with Crippen LogP contribution in [0.3, 0.4) is 0 Å². The van der Waals surface area contributed by atoms with Gasteiger partial charge in [0.2, 0.25) is 5.91 Å². The molecule has 1 amide bonds. The highest BCUT2D eigenvalue weighted by atomic mass is 79.9. The lowest BCUT2D eigenvalue weighted by Gasteiger charge is -2.07. The third-order valence-electron chi connectivity index (χ3n) is 2.73. The molecule has 1 aromatic carbocycles. The molecule has 0 spiro atoms. The van der Waals surface area contributed by atoms with E-state index in [9.17, 15) is 9.59 Å². The molecular weight excluding hydrogens is 348 g/mol. The number of aryl methyl sites for hydroxylation is 1. The van der Waals surface area contributed by atoms with Crippen LogP contribution in [0.2, 0.25) is 0 Å². The van der Waals surface area contributed by atoms with Gasteiger partial charge in [0.15, 0.2) is 5.78 Å². The van der Waals surface area contributed by atoms with Crippen LogP contribution in [0.4, 0.5) is 5.69 Å². The Morgan fingerprint density at radius 3 is 2.82 bits per heavy atom. The Balaban J connectivity index is 1.80. The van der Waals surface area contributed by atoms with Crippen molar-refractivity contribution in [2.24, 2.45) is 0 Å². The zero-order chi connectivity index (χ0) is 15.9. The van der Waals surface area contributed by atoms with Crippen LogP contribution in [0.25, 0.3) is 0 Å². The van der Waals surface area contributed by atoms with E-state index in [-0.39, 0.29) is 24.7 Å². The van der Waals surface area contributed by atoms with Crippen LogP contribution in [-0.4, -0.2) is 23.3 Å². The van der Waals surface area contributed by atoms with Gasteiger partial charge in [0.25, 0.3) is 0 Å². The van der Waals surface area contributed by atoms with E-state index < -0.39 is 0 Å². The Kier molecular flexibility index (Phi) is 5.66. The molecule has 0 aliphatic rings. The molecule has 2 rings (SSSR count). The third-order valence-corrected chi connectivity index (χ3v) is 3.23. The number of aromatic nitrogens is 1. The topological polar surface area (TPSA) is 68.3 Å². The number of carbonyl (C=O) groups excluding carboxylic acids is 2. The molecule has 1 aromatic heterocycles. The first-order valence-corrected chi connectivity index (χ1v) is 7.45. The largest absolute Gasteiger partial charge is 0.486 e. The number of amides is 1. The Morgan fingerprint density at radius 2 is 2.09 bits per heavy atom. The number of anilines is 1. The van der Waals surface area contributed by atoms with Gasteiger partial charge in [-0.2, -0.15) is 0 Å². The third kappa shape index (κ3) is 5.29. The lowest BCUT2D eigenvalue weighted by atomic mass is 10.2. The first-order valence-electron chi connectivity index (χ1n) is 6.65. The second kappa shape index (κ2) is 7.70. The maximum atomic E-state index is 11.8. The summed E-state index contributed by atoms with van der Waals surface area (Å²) in [6.07, 6.45) is 1.37. The van der Waals surface area contributed by atoms with Crippen molar-refractivity contribution in [1.82, 2.24) is 4.98 Å². The summed E-state index contributed by atoms with van der Waals surface area (Å²) in [5.74, 6) is -0.0791. The second-order valence-corrected chi connectivity index (χ2v) is 5.61. The zero-order valence-electron chi connectivity index (χ0n) is 12.0. The molecule has 0 radical (unpaired) electrons. The molecule has 6 heteroatoms. The first-order chi connectivity index (χ1) is 10.5. The molecule has 0 aliphatic carbocycles. The van der Waals surface area contributed by atoms with Crippen LogP contribution in [-0.2, 0) is 9.59 Å². The average molecular weight is 363 g/mol. The highest BCUT2D eigenvalue weighted by Gasteiger charge is 2.11. The molecule has 114 valence electrons. The highest BCUT2D eigenvalue weighted by molar-refractivity contribution is 9.10. The van der Waals surface area contributed by atoms with Crippen molar-refractivity contribution in [3.8, 4) is 5.75 Å². The number of halogens is 1. The van der Waals surface area contributed by atoms with E-state index in [1.807, 2.05) is 19.1 Å². The van der Waals surface area contributed by atoms with Crippen LogP contribution >= 0.6 is 15.9 Å². The number of Topliss-reactive ketones (excluding diaryl/α,β-unsaturated/α-hetero) is 1. The van der Waals surface area contributed by atoms with Gasteiger partial charge < -0.3 is 10.1 Å². The zero-order valence-corrected chi connectivity index (χ0v) is 13.6. The molecule has 2 aromatic rings. The summed E-state index contributed by atoms with van der Waals surface area (Å²) >= 11 is 3.32. The van der Waals surface area contributed by atoms with E-state index in [2.05, 4.69) is 26.2 Å². The van der Waals surface area contributed by atoms with Crippen molar-refractivity contribution in [3.63, 3.8) is 0 Å². The summed E-state index contributed by atoms with van der Waals surface area (Å²) in [4.78, 5) is 27.6. The van der Waals surface area contributed by atoms with E-state index in [0.717, 1.165) is 10.2 Å². The van der Waals surface area contributed by atoms with Gasteiger partial charge in [-0.05, 0) is 37.3 Å². The van der Waals surface area contributed by atoms with Crippen molar-refractivity contribution in [3.05, 3.63) is 52.8 Å². The van der Waals surface area contributed by atoms with Crippen LogP contribution in [0.15, 0.2) is 47.1 Å². The fourth-order valence-corrected chi connectivity index (χ4v) is 2.16. The first kappa shape index (κ1) is 16.2. The molecule has 0 bridgehead atoms. The summed E-state index contributed by atoms with van der Waals surface area (Å²) in [5, 5.41) is 2.66. The summed E-state index contributed by atoms with van der Waals surface area (Å²) in [6.45, 7) is 1.69. The predicted molar refractivity (Wildman–Crippen MR) is 86.9 cm³/mol. The minimum absolute atomic E-state index is 0.140. The van der Waals surface area contributed by atoms with E-state index in [1.54, 1.807) is 30.5 Å². The summed E-state index contributed by atoms with van der Waals surface area (Å²) < 4.78 is 6.21. The smallest absolute Gasteiger partial charge is 0.231 e. The van der Waals surface area contributed by atoms with Crippen molar-refractivity contribution >= 4 is 33.3 Å². The molecule has 22 heavy (non-hydrogen) atoms. The standard InChI is InChI=1S/C16H15BrN2O3/c1-11-7-13(5-6-18-11)19-16(21)9-14(20)10-22-15-4-2-3-12(17)8-15/h2-8H,9-10H2,1H3,(H,18,19,21). The van der Waals surface area contributed by atoms with E-state index in [1.165, 1.54) is 0 Å². The number of carbonyl (C=O) groups is 2. The predicted octanol–water partition coefficient (Wildman–Crippen LogP) is 3.13. The SMILES string of the molecule is Cc1cc(NC(=O)CC(=O)COc2cccc(Br)c2)ccn1. The summed E-state index contributed by atoms with van der Waals surface area (Å²) in [5.41, 5.74) is 1.42. The normalized spacial score (nSPS) is 10.1. The number of ketones is 1. The van der Waals surface area contributed by atoms with Gasteiger partial charge >= 0.3 is 0 Å². The number of nitrogens with one attached hydrogen (secondary N) is 1. The molecule has 0 unspecified atom stereocenters. The Labute approximate surface area is 136 Å². The van der Waals surface area contributed by atoms with Gasteiger partial charge in [-0.25, -0.2) is 0 Å². The number of ether oxygens (including phenoxy) is 1. The van der Waals surface area contributed by atoms with Crippen LogP contribution in [0.1, 0.15) is 12.1 Å². The lowest BCUT2D eigenvalue weighted by Crippen LogP contribution is -2.20. The molecule has 0 aliphatic heterocycles. The number of nitrogens with zero attached hydrogens (tertiary/aromatic N) is 1. The van der Waals surface area contributed by atoms with E-state index in [0.29, 0.717) is 11.4 Å². The van der Waals surface area contributed by atoms with Gasteiger partial charge in [-0.3, -0.25) is 14.6 Å². The molecule has 0 saturated heterocycles. The van der Waals surface area contributed by atoms with Crippen LogP contribution < -0.4 is 10.1 Å². The average Bonchev–Trinajstić information content (AvgIpc) is 2.45. The highest BCUT2D eigenvalue weighted by Crippen LogP contribution is 2.17. The summed E-state index contributed by atoms with van der Waals surface area (Å²) in [7, 11) is 0. The number of hydrogen-bond acceptors (Lipinski definition) is 4. The Hall–Kier alpha value is -2.21. The fraction of sp³-hybridized carbons (Fsp3) is 0.188. The van der Waals surface area contributed by atoms with Gasteiger partial charge in [0.05, 0.1) is 6.42 Å². The van der Waals surface area contributed by atoms with Gasteiger partial charge in [-0.15, -0.1) is 0 Å². The summed E-state index contributed by atoms with van der Waals surface area (Å²) in [6, 6.07) is 10.6. The maximum absolute atomic E-state index is 11.8. The molecule has 0 fully saturated rings. The van der Waals surface area contributed by atoms with E-state index >= 15 is 0 Å². The molecule has 5 nitrogen and oxygen atoms in total. The monoisotopic (exact) mass is 362 g/mol. The lowest BCUT2D eigenvalue weighted by molar-refractivity contribution is -0.126. The number of rotatable bonds is 6. The van der Waals surface area contributed by atoms with Crippen molar-refractivity contribution in [2.75, 3.05) is 11.9 Å². The number of benzene rings is 1. The molecule has 1 N–H and O–H groups in total. The molecule has 0 atom stereocenters. The van der Waals surface area contributed by atoms with Gasteiger partial charge in [-0.1, -0.05) is 22.0 Å². The van der Waals surface area contributed by atoms with Gasteiger partial charge in [0, 0.05) is 22.1 Å². The van der Waals surface area contributed by atoms with Crippen LogP contribution in [0, 0.1) is 6.92 Å².